The van der Waals surface area contributed by atoms with Crippen molar-refractivity contribution in [1.29, 1.82) is 0 Å². The van der Waals surface area contributed by atoms with Gasteiger partial charge < -0.3 is 10.6 Å². The maximum Gasteiger partial charge on any atom is 0.0178 e. The number of piperidine rings is 1. The molecule has 1 heterocycles. The Morgan fingerprint density at radius 2 is 2.28 bits per heavy atom. The van der Waals surface area contributed by atoms with Gasteiger partial charge in [0.05, 0.1) is 0 Å². The summed E-state index contributed by atoms with van der Waals surface area (Å²) in [6.45, 7) is 5.35. The second-order valence-corrected chi connectivity index (χ2v) is 6.00. The molecule has 2 rings (SSSR count). The molecule has 1 saturated heterocycles. The van der Waals surface area contributed by atoms with Crippen molar-refractivity contribution in [2.24, 2.45) is 5.73 Å². The van der Waals surface area contributed by atoms with Crippen LogP contribution >= 0.6 is 15.9 Å². The average molecular weight is 311 g/mol. The molecule has 0 amide bonds. The summed E-state index contributed by atoms with van der Waals surface area (Å²) in [5, 5.41) is 0. The topological polar surface area (TPSA) is 29.3 Å². The van der Waals surface area contributed by atoms with Gasteiger partial charge in [-0.25, -0.2) is 0 Å². The minimum atomic E-state index is 0.461. The van der Waals surface area contributed by atoms with Gasteiger partial charge in [0.1, 0.15) is 0 Å². The predicted octanol–water partition coefficient (Wildman–Crippen LogP) is 3.37. The first-order valence-corrected chi connectivity index (χ1v) is 7.75. The summed E-state index contributed by atoms with van der Waals surface area (Å²) in [4.78, 5) is 2.60. The van der Waals surface area contributed by atoms with Gasteiger partial charge in [-0.2, -0.15) is 0 Å². The van der Waals surface area contributed by atoms with Crippen LogP contribution in [0.2, 0.25) is 0 Å². The van der Waals surface area contributed by atoms with Crippen LogP contribution < -0.4 is 5.73 Å². The molecule has 0 radical (unpaired) electrons. The molecule has 0 saturated carbocycles. The van der Waals surface area contributed by atoms with E-state index >= 15 is 0 Å². The largest absolute Gasteiger partial charge is 0.330 e. The number of hydrogen-bond donors (Lipinski definition) is 1. The van der Waals surface area contributed by atoms with E-state index in [4.69, 9.17) is 5.73 Å². The van der Waals surface area contributed by atoms with E-state index in [9.17, 15) is 0 Å². The lowest BCUT2D eigenvalue weighted by Crippen LogP contribution is -2.45. The van der Waals surface area contributed by atoms with Crippen LogP contribution in [0.25, 0.3) is 0 Å². The highest BCUT2D eigenvalue weighted by molar-refractivity contribution is 9.10. The number of likely N-dealkylation sites (tertiary alicyclic amines) is 1. The molecule has 100 valence electrons. The van der Waals surface area contributed by atoms with E-state index in [0.29, 0.717) is 12.0 Å². The second kappa shape index (κ2) is 6.69. The van der Waals surface area contributed by atoms with Crippen LogP contribution in [0.15, 0.2) is 28.7 Å². The van der Waals surface area contributed by atoms with Crippen LogP contribution in [-0.2, 0) is 0 Å². The Balaban J connectivity index is 2.21. The number of hydrogen-bond acceptors (Lipinski definition) is 2. The van der Waals surface area contributed by atoms with Crippen LogP contribution in [0.5, 0.6) is 0 Å². The number of nitrogens with zero attached hydrogens (tertiary/aromatic N) is 1. The Hall–Kier alpha value is -0.380. The Bertz CT molecular complexity index is 381. The maximum atomic E-state index is 6.06. The molecule has 1 aliphatic rings. The molecular formula is C15H23BrN2. The van der Waals surface area contributed by atoms with E-state index < -0.39 is 0 Å². The van der Waals surface area contributed by atoms with Gasteiger partial charge in [-0.3, -0.25) is 0 Å². The summed E-state index contributed by atoms with van der Waals surface area (Å²) >= 11 is 3.56. The fraction of sp³-hybridized carbons (Fsp3) is 0.600. The molecule has 0 aliphatic carbocycles. The Morgan fingerprint density at radius 1 is 1.44 bits per heavy atom. The van der Waals surface area contributed by atoms with E-state index in [-0.39, 0.29) is 0 Å². The lowest BCUT2D eigenvalue weighted by atomic mass is 9.85. The van der Waals surface area contributed by atoms with Crippen molar-refractivity contribution < 1.29 is 0 Å². The van der Waals surface area contributed by atoms with Gasteiger partial charge >= 0.3 is 0 Å². The first kappa shape index (κ1) is 14.0. The smallest absolute Gasteiger partial charge is 0.0178 e. The summed E-state index contributed by atoms with van der Waals surface area (Å²) < 4.78 is 1.15. The quantitative estimate of drug-likeness (QED) is 0.924. The first-order valence-electron chi connectivity index (χ1n) is 6.95. The summed E-state index contributed by atoms with van der Waals surface area (Å²) in [6, 6.07) is 9.24. The molecule has 3 heteroatoms. The fourth-order valence-corrected chi connectivity index (χ4v) is 3.53. The zero-order valence-electron chi connectivity index (χ0n) is 11.1. The van der Waals surface area contributed by atoms with Crippen molar-refractivity contribution >= 4 is 15.9 Å². The third-order valence-electron chi connectivity index (χ3n) is 4.07. The van der Waals surface area contributed by atoms with Crippen molar-refractivity contribution in [2.75, 3.05) is 19.6 Å². The lowest BCUT2D eigenvalue weighted by Gasteiger charge is -2.39. The number of rotatable bonds is 4. The van der Waals surface area contributed by atoms with Crippen molar-refractivity contribution in [3.63, 3.8) is 0 Å². The summed E-state index contributed by atoms with van der Waals surface area (Å²) in [7, 11) is 0. The normalized spacial score (nSPS) is 22.9. The summed E-state index contributed by atoms with van der Waals surface area (Å²) in [5.41, 5.74) is 7.43. The Kier molecular flexibility index (Phi) is 5.22. The van der Waals surface area contributed by atoms with E-state index in [0.717, 1.165) is 17.6 Å². The van der Waals surface area contributed by atoms with Crippen molar-refractivity contribution in [1.82, 2.24) is 4.90 Å². The molecular weight excluding hydrogens is 288 g/mol. The average Bonchev–Trinajstić information content (AvgIpc) is 2.40. The van der Waals surface area contributed by atoms with Crippen molar-refractivity contribution in [3.8, 4) is 0 Å². The van der Waals surface area contributed by atoms with Gasteiger partial charge in [-0.15, -0.1) is 0 Å². The molecule has 2 atom stereocenters. The Morgan fingerprint density at radius 3 is 2.94 bits per heavy atom. The van der Waals surface area contributed by atoms with E-state index in [1.165, 1.54) is 31.4 Å². The number of benzene rings is 1. The molecule has 0 spiro atoms. The van der Waals surface area contributed by atoms with Crippen LogP contribution in [0.3, 0.4) is 0 Å². The molecule has 1 aromatic rings. The first-order chi connectivity index (χ1) is 8.76. The molecule has 2 N–H and O–H groups in total. The molecule has 0 aromatic heterocycles. The minimum absolute atomic E-state index is 0.461. The lowest BCUT2D eigenvalue weighted by molar-refractivity contribution is 0.134. The molecule has 2 unspecified atom stereocenters. The molecule has 1 aromatic carbocycles. The maximum absolute atomic E-state index is 6.06. The SMILES string of the molecule is CCN1CCCCC1C(CN)c1cccc(Br)c1. The molecule has 1 fully saturated rings. The molecule has 18 heavy (non-hydrogen) atoms. The third kappa shape index (κ3) is 3.14. The van der Waals surface area contributed by atoms with Gasteiger partial charge in [0.15, 0.2) is 0 Å². The van der Waals surface area contributed by atoms with Crippen LogP contribution in [0.1, 0.15) is 37.7 Å². The van der Waals surface area contributed by atoms with Gasteiger partial charge in [-0.1, -0.05) is 41.4 Å². The monoisotopic (exact) mass is 310 g/mol. The molecule has 2 nitrogen and oxygen atoms in total. The number of likely N-dealkylation sites (N-methyl/N-ethyl adjacent to an activating group) is 1. The van der Waals surface area contributed by atoms with E-state index in [2.05, 4.69) is 52.0 Å². The minimum Gasteiger partial charge on any atom is -0.330 e. The fourth-order valence-electron chi connectivity index (χ4n) is 3.12. The summed E-state index contributed by atoms with van der Waals surface area (Å²) in [5.74, 6) is 0.461. The zero-order valence-corrected chi connectivity index (χ0v) is 12.7. The van der Waals surface area contributed by atoms with Gasteiger partial charge in [0, 0.05) is 23.0 Å². The van der Waals surface area contributed by atoms with Gasteiger partial charge in [-0.05, 0) is 43.6 Å². The number of halogens is 1. The third-order valence-corrected chi connectivity index (χ3v) is 4.56. The standard InChI is InChI=1S/C15H23BrN2/c1-2-18-9-4-3-8-15(18)14(11-17)12-6-5-7-13(16)10-12/h5-7,10,14-15H,2-4,8-9,11,17H2,1H3. The Labute approximate surface area is 119 Å². The zero-order chi connectivity index (χ0) is 13.0. The highest BCUT2D eigenvalue weighted by atomic mass is 79.9. The highest BCUT2D eigenvalue weighted by Crippen LogP contribution is 2.30. The highest BCUT2D eigenvalue weighted by Gasteiger charge is 2.29. The van der Waals surface area contributed by atoms with Crippen molar-refractivity contribution in [2.45, 2.75) is 38.1 Å². The van der Waals surface area contributed by atoms with Gasteiger partial charge in [0.25, 0.3) is 0 Å². The molecule has 0 bridgehead atoms. The summed E-state index contributed by atoms with van der Waals surface area (Å²) in [6.07, 6.45) is 3.95. The van der Waals surface area contributed by atoms with Gasteiger partial charge in [0.2, 0.25) is 0 Å². The van der Waals surface area contributed by atoms with Crippen LogP contribution in [-0.4, -0.2) is 30.6 Å². The van der Waals surface area contributed by atoms with E-state index in [1.54, 1.807) is 0 Å². The second-order valence-electron chi connectivity index (χ2n) is 5.09. The van der Waals surface area contributed by atoms with Crippen LogP contribution in [0, 0.1) is 0 Å². The molecule has 1 aliphatic heterocycles. The van der Waals surface area contributed by atoms with E-state index in [1.807, 2.05) is 0 Å². The number of nitrogens with two attached hydrogens (primary N) is 1. The van der Waals surface area contributed by atoms with Crippen LogP contribution in [0.4, 0.5) is 0 Å². The van der Waals surface area contributed by atoms with Crippen molar-refractivity contribution in [3.05, 3.63) is 34.3 Å². The predicted molar refractivity (Wildman–Crippen MR) is 80.8 cm³/mol.